The van der Waals surface area contributed by atoms with Crippen molar-refractivity contribution >= 4 is 6.09 Å². The second kappa shape index (κ2) is 4.04. The predicted molar refractivity (Wildman–Crippen MR) is 26.7 cm³/mol. The monoisotopic (exact) mass is 118 g/mol. The summed E-state index contributed by atoms with van der Waals surface area (Å²) in [6, 6.07) is 0. The molecule has 0 heterocycles. The predicted octanol–water partition coefficient (Wildman–Crippen LogP) is 0.0204. The van der Waals surface area contributed by atoms with E-state index in [0.717, 1.165) is 0 Å². The van der Waals surface area contributed by atoms with Gasteiger partial charge in [-0.3, -0.25) is 0 Å². The van der Waals surface area contributed by atoms with Gasteiger partial charge in [0.15, 0.2) is 0 Å². The maximum atomic E-state index is 9.62. The first kappa shape index (κ1) is 6.87. The SMILES string of the molecule is O=NCCNC(=O)O. The number of hydrogen-bond acceptors (Lipinski definition) is 3. The average molecular weight is 118 g/mol. The topological polar surface area (TPSA) is 78.8 Å². The zero-order valence-electron chi connectivity index (χ0n) is 4.13. The summed E-state index contributed by atoms with van der Waals surface area (Å²) in [7, 11) is 0. The minimum absolute atomic E-state index is 0.00764. The van der Waals surface area contributed by atoms with Gasteiger partial charge >= 0.3 is 6.09 Å². The number of carbonyl (C=O) groups is 1. The third kappa shape index (κ3) is 4.87. The van der Waals surface area contributed by atoms with Gasteiger partial charge in [-0.15, -0.1) is 0 Å². The second-order valence-electron chi connectivity index (χ2n) is 1.08. The van der Waals surface area contributed by atoms with Crippen molar-refractivity contribution in [2.45, 2.75) is 0 Å². The van der Waals surface area contributed by atoms with Crippen molar-refractivity contribution in [1.82, 2.24) is 5.32 Å². The standard InChI is InChI=1S/C3H6N2O3/c6-3(7)4-1-2-5-8/h4H,1-2H2,(H,6,7). The molecule has 0 aliphatic carbocycles. The van der Waals surface area contributed by atoms with Gasteiger partial charge in [-0.1, -0.05) is 5.18 Å². The number of nitrogens with one attached hydrogen (secondary N) is 1. The van der Waals surface area contributed by atoms with Crippen LogP contribution in [0.25, 0.3) is 0 Å². The minimum atomic E-state index is -1.13. The van der Waals surface area contributed by atoms with E-state index in [1.807, 2.05) is 5.32 Å². The Labute approximate surface area is 45.7 Å². The van der Waals surface area contributed by atoms with Crippen molar-refractivity contribution in [2.75, 3.05) is 13.1 Å². The van der Waals surface area contributed by atoms with Gasteiger partial charge in [0.1, 0.15) is 0 Å². The van der Waals surface area contributed by atoms with Crippen LogP contribution in [0, 0.1) is 4.91 Å². The molecule has 0 aromatic heterocycles. The number of carboxylic acid groups (broad SMARTS) is 1. The molecule has 0 aromatic carbocycles. The van der Waals surface area contributed by atoms with Crippen LogP contribution in [0.4, 0.5) is 4.79 Å². The quantitative estimate of drug-likeness (QED) is 0.405. The van der Waals surface area contributed by atoms with E-state index in [2.05, 4.69) is 5.18 Å². The molecule has 8 heavy (non-hydrogen) atoms. The fraction of sp³-hybridized carbons (Fsp3) is 0.667. The van der Waals surface area contributed by atoms with Crippen molar-refractivity contribution in [3.63, 3.8) is 0 Å². The van der Waals surface area contributed by atoms with Crippen LogP contribution in [0.15, 0.2) is 5.18 Å². The van der Waals surface area contributed by atoms with Crippen molar-refractivity contribution < 1.29 is 9.90 Å². The normalized spacial score (nSPS) is 8.00. The molecule has 0 atom stereocenters. The summed E-state index contributed by atoms with van der Waals surface area (Å²) in [6.07, 6.45) is -1.13. The Kier molecular flexibility index (Phi) is 3.47. The molecule has 0 fully saturated rings. The fourth-order valence-electron chi connectivity index (χ4n) is 0.208. The molecule has 46 valence electrons. The Morgan fingerprint density at radius 1 is 1.75 bits per heavy atom. The van der Waals surface area contributed by atoms with Crippen LogP contribution in [0.2, 0.25) is 0 Å². The van der Waals surface area contributed by atoms with E-state index in [9.17, 15) is 9.70 Å². The molecular weight excluding hydrogens is 112 g/mol. The van der Waals surface area contributed by atoms with Crippen LogP contribution in [-0.2, 0) is 0 Å². The molecule has 0 unspecified atom stereocenters. The Hall–Kier alpha value is -1.13. The van der Waals surface area contributed by atoms with Gasteiger partial charge in [0, 0.05) is 6.54 Å². The molecule has 0 aromatic rings. The van der Waals surface area contributed by atoms with E-state index in [0.29, 0.717) is 0 Å². The summed E-state index contributed by atoms with van der Waals surface area (Å²) >= 11 is 0. The minimum Gasteiger partial charge on any atom is -0.465 e. The van der Waals surface area contributed by atoms with Gasteiger partial charge in [0.25, 0.3) is 0 Å². The van der Waals surface area contributed by atoms with E-state index < -0.39 is 6.09 Å². The van der Waals surface area contributed by atoms with E-state index in [4.69, 9.17) is 5.11 Å². The van der Waals surface area contributed by atoms with Crippen molar-refractivity contribution in [2.24, 2.45) is 5.18 Å². The number of nitrogens with zero attached hydrogens (tertiary/aromatic N) is 1. The lowest BCUT2D eigenvalue weighted by Gasteiger charge is -1.90. The molecule has 0 bridgehead atoms. The van der Waals surface area contributed by atoms with E-state index in [-0.39, 0.29) is 13.1 Å². The Morgan fingerprint density at radius 2 is 2.38 bits per heavy atom. The van der Waals surface area contributed by atoms with E-state index in [1.54, 1.807) is 0 Å². The highest BCUT2D eigenvalue weighted by Crippen LogP contribution is 1.63. The van der Waals surface area contributed by atoms with Gasteiger partial charge in [-0.25, -0.2) is 4.79 Å². The number of rotatable bonds is 3. The molecule has 0 aliphatic rings. The van der Waals surface area contributed by atoms with Crippen LogP contribution >= 0.6 is 0 Å². The van der Waals surface area contributed by atoms with Crippen molar-refractivity contribution in [3.05, 3.63) is 4.91 Å². The zero-order chi connectivity index (χ0) is 6.41. The van der Waals surface area contributed by atoms with Crippen LogP contribution < -0.4 is 5.32 Å². The average Bonchev–Trinajstić information content (AvgIpc) is 1.66. The highest BCUT2D eigenvalue weighted by Gasteiger charge is 1.89. The van der Waals surface area contributed by atoms with Gasteiger partial charge in [0.2, 0.25) is 0 Å². The van der Waals surface area contributed by atoms with Gasteiger partial charge in [-0.05, 0) is 0 Å². The second-order valence-corrected chi connectivity index (χ2v) is 1.08. The van der Waals surface area contributed by atoms with Crippen LogP contribution in [-0.4, -0.2) is 24.3 Å². The lowest BCUT2D eigenvalue weighted by Crippen LogP contribution is -2.23. The first-order chi connectivity index (χ1) is 3.77. The zero-order valence-corrected chi connectivity index (χ0v) is 4.13. The summed E-state index contributed by atoms with van der Waals surface area (Å²) in [4.78, 5) is 18.9. The van der Waals surface area contributed by atoms with Crippen molar-refractivity contribution in [1.29, 1.82) is 0 Å². The molecule has 1 amide bonds. The van der Waals surface area contributed by atoms with Gasteiger partial charge < -0.3 is 10.4 Å². The summed E-state index contributed by atoms with van der Waals surface area (Å²) in [5.74, 6) is 0. The molecule has 5 nitrogen and oxygen atoms in total. The molecule has 0 saturated heterocycles. The van der Waals surface area contributed by atoms with Crippen LogP contribution in [0.3, 0.4) is 0 Å². The number of hydrogen-bond donors (Lipinski definition) is 2. The molecule has 5 heteroatoms. The highest BCUT2D eigenvalue weighted by atomic mass is 16.4. The summed E-state index contributed by atoms with van der Waals surface area (Å²) in [5.41, 5.74) is 0. The van der Waals surface area contributed by atoms with Crippen LogP contribution in [0.1, 0.15) is 0 Å². The summed E-state index contributed by atoms with van der Waals surface area (Å²) < 4.78 is 0. The largest absolute Gasteiger partial charge is 0.465 e. The first-order valence-electron chi connectivity index (χ1n) is 2.03. The lowest BCUT2D eigenvalue weighted by molar-refractivity contribution is 0.195. The van der Waals surface area contributed by atoms with Crippen molar-refractivity contribution in [3.8, 4) is 0 Å². The van der Waals surface area contributed by atoms with E-state index in [1.165, 1.54) is 0 Å². The molecular formula is C3H6N2O3. The molecule has 0 radical (unpaired) electrons. The third-order valence-electron chi connectivity index (χ3n) is 0.479. The van der Waals surface area contributed by atoms with Gasteiger partial charge in [0.05, 0.1) is 6.54 Å². The summed E-state index contributed by atoms with van der Waals surface area (Å²) in [5, 5.41) is 12.3. The maximum Gasteiger partial charge on any atom is 0.404 e. The Bertz CT molecular complexity index is 92.5. The first-order valence-corrected chi connectivity index (χ1v) is 2.03. The summed E-state index contributed by atoms with van der Waals surface area (Å²) in [6.45, 7) is 0.0884. The molecule has 0 aliphatic heterocycles. The molecule has 0 spiro atoms. The number of nitroso groups, excluding NO2 is 1. The lowest BCUT2D eigenvalue weighted by atomic mass is 10.7. The molecule has 2 N–H and O–H groups in total. The van der Waals surface area contributed by atoms with Gasteiger partial charge in [-0.2, -0.15) is 4.91 Å². The smallest absolute Gasteiger partial charge is 0.404 e. The Morgan fingerprint density at radius 3 is 2.75 bits per heavy atom. The van der Waals surface area contributed by atoms with E-state index >= 15 is 0 Å². The third-order valence-corrected chi connectivity index (χ3v) is 0.479. The molecule has 0 rings (SSSR count). The highest BCUT2D eigenvalue weighted by molar-refractivity contribution is 5.64. The number of amides is 1. The molecule has 0 saturated carbocycles. The maximum absolute atomic E-state index is 9.62. The fourth-order valence-corrected chi connectivity index (χ4v) is 0.208. The van der Waals surface area contributed by atoms with Crippen LogP contribution in [0.5, 0.6) is 0 Å². The Balaban J connectivity index is 2.93.